The molecule has 0 bridgehead atoms. The quantitative estimate of drug-likeness (QED) is 0.879. The average molecular weight is 270 g/mol. The maximum absolute atomic E-state index is 10.7. The molecular formula is C18H24NO+. The summed E-state index contributed by atoms with van der Waals surface area (Å²) >= 11 is 0. The van der Waals surface area contributed by atoms with Crippen molar-refractivity contribution in [2.75, 3.05) is 13.1 Å². The van der Waals surface area contributed by atoms with Crippen molar-refractivity contribution >= 4 is 10.8 Å². The summed E-state index contributed by atoms with van der Waals surface area (Å²) in [4.78, 5) is 1.55. The van der Waals surface area contributed by atoms with Gasteiger partial charge < -0.3 is 10.0 Å². The van der Waals surface area contributed by atoms with E-state index in [0.717, 1.165) is 5.56 Å². The molecule has 1 fully saturated rings. The topological polar surface area (TPSA) is 24.7 Å². The molecule has 0 unspecified atom stereocenters. The highest BCUT2D eigenvalue weighted by atomic mass is 16.3. The highest BCUT2D eigenvalue weighted by molar-refractivity contribution is 5.83. The van der Waals surface area contributed by atoms with Crippen LogP contribution in [-0.4, -0.2) is 24.2 Å². The van der Waals surface area contributed by atoms with Gasteiger partial charge in [0.05, 0.1) is 13.1 Å². The largest absolute Gasteiger partial charge is 0.382 e. The van der Waals surface area contributed by atoms with Gasteiger partial charge >= 0.3 is 0 Å². The summed E-state index contributed by atoms with van der Waals surface area (Å²) in [6, 6.07) is 14.9. The third-order valence-electron chi connectivity index (χ3n) is 4.73. The summed E-state index contributed by atoms with van der Waals surface area (Å²) in [7, 11) is 0. The third-order valence-corrected chi connectivity index (χ3v) is 4.73. The predicted molar refractivity (Wildman–Crippen MR) is 82.9 cm³/mol. The Balaban J connectivity index is 1.81. The molecule has 106 valence electrons. The molecule has 1 heterocycles. The van der Waals surface area contributed by atoms with Gasteiger partial charge in [-0.1, -0.05) is 36.4 Å². The van der Waals surface area contributed by atoms with Crippen molar-refractivity contribution < 1.29 is 10.0 Å². The number of benzene rings is 2. The second-order valence-corrected chi connectivity index (χ2v) is 6.06. The van der Waals surface area contributed by atoms with Gasteiger partial charge in [0.1, 0.15) is 12.1 Å². The Morgan fingerprint density at radius 2 is 1.65 bits per heavy atom. The van der Waals surface area contributed by atoms with E-state index in [1.54, 1.807) is 4.90 Å². The van der Waals surface area contributed by atoms with Crippen molar-refractivity contribution in [2.45, 2.75) is 38.3 Å². The minimum Gasteiger partial charge on any atom is -0.382 e. The zero-order chi connectivity index (χ0) is 13.9. The molecule has 2 atom stereocenters. The van der Waals surface area contributed by atoms with Gasteiger partial charge in [0, 0.05) is 0 Å². The highest BCUT2D eigenvalue weighted by Crippen LogP contribution is 2.22. The molecular weight excluding hydrogens is 246 g/mol. The zero-order valence-corrected chi connectivity index (χ0v) is 12.2. The number of piperidine rings is 1. The normalized spacial score (nSPS) is 19.9. The van der Waals surface area contributed by atoms with Crippen molar-refractivity contribution in [3.05, 3.63) is 48.0 Å². The Morgan fingerprint density at radius 1 is 0.950 bits per heavy atom. The molecule has 0 spiro atoms. The van der Waals surface area contributed by atoms with Crippen LogP contribution in [0.1, 0.15) is 37.9 Å². The van der Waals surface area contributed by atoms with Crippen LogP contribution in [0.4, 0.5) is 0 Å². The fraction of sp³-hybridized carbons (Fsp3) is 0.444. The molecule has 3 rings (SSSR count). The number of fused-ring (bicyclic) bond motifs is 1. The number of rotatable bonds is 3. The Morgan fingerprint density at radius 3 is 2.40 bits per heavy atom. The average Bonchev–Trinajstić information content (AvgIpc) is 2.54. The molecule has 20 heavy (non-hydrogen) atoms. The van der Waals surface area contributed by atoms with Crippen LogP contribution in [0.15, 0.2) is 42.5 Å². The summed E-state index contributed by atoms with van der Waals surface area (Å²) in [5, 5.41) is 13.1. The number of likely N-dealkylation sites (tertiary alicyclic amines) is 1. The lowest BCUT2D eigenvalue weighted by molar-refractivity contribution is -0.932. The number of aliphatic hydroxyl groups is 1. The van der Waals surface area contributed by atoms with Gasteiger partial charge in [-0.3, -0.25) is 0 Å². The van der Waals surface area contributed by atoms with E-state index in [2.05, 4.69) is 49.4 Å². The SMILES string of the molecule is C[C@@H]([C@@H](O)c1ccc2ccccc2c1)[NH+]1CCCCC1. The fourth-order valence-corrected chi connectivity index (χ4v) is 3.36. The lowest BCUT2D eigenvalue weighted by Crippen LogP contribution is -3.16. The maximum atomic E-state index is 10.7. The molecule has 1 aliphatic heterocycles. The molecule has 2 nitrogen and oxygen atoms in total. The number of nitrogens with one attached hydrogen (secondary N) is 1. The van der Waals surface area contributed by atoms with Gasteiger partial charge in [0.15, 0.2) is 0 Å². The Kier molecular flexibility index (Phi) is 4.04. The van der Waals surface area contributed by atoms with Crippen LogP contribution < -0.4 is 4.90 Å². The molecule has 0 radical (unpaired) electrons. The molecule has 0 saturated carbocycles. The van der Waals surface area contributed by atoms with Crippen LogP contribution in [0, 0.1) is 0 Å². The molecule has 0 aliphatic carbocycles. The zero-order valence-electron chi connectivity index (χ0n) is 12.2. The van der Waals surface area contributed by atoms with Crippen molar-refractivity contribution in [3.8, 4) is 0 Å². The van der Waals surface area contributed by atoms with E-state index in [1.165, 1.54) is 43.1 Å². The van der Waals surface area contributed by atoms with Crippen molar-refractivity contribution in [1.82, 2.24) is 0 Å². The monoisotopic (exact) mass is 270 g/mol. The first-order chi connectivity index (χ1) is 9.75. The van der Waals surface area contributed by atoms with Gasteiger partial charge in [0.25, 0.3) is 0 Å². The lowest BCUT2D eigenvalue weighted by Gasteiger charge is -2.32. The van der Waals surface area contributed by atoms with Crippen LogP contribution in [-0.2, 0) is 0 Å². The van der Waals surface area contributed by atoms with Crippen LogP contribution in [0.3, 0.4) is 0 Å². The first-order valence-electron chi connectivity index (χ1n) is 7.77. The second-order valence-electron chi connectivity index (χ2n) is 6.06. The molecule has 2 N–H and O–H groups in total. The summed E-state index contributed by atoms with van der Waals surface area (Å²) < 4.78 is 0. The molecule has 1 saturated heterocycles. The first kappa shape index (κ1) is 13.6. The summed E-state index contributed by atoms with van der Waals surface area (Å²) in [5.41, 5.74) is 1.05. The fourth-order valence-electron chi connectivity index (χ4n) is 3.36. The summed E-state index contributed by atoms with van der Waals surface area (Å²) in [6.45, 7) is 4.58. The van der Waals surface area contributed by atoms with Crippen molar-refractivity contribution in [1.29, 1.82) is 0 Å². The minimum absolute atomic E-state index is 0.275. The number of quaternary nitrogens is 1. The third kappa shape index (κ3) is 2.72. The summed E-state index contributed by atoms with van der Waals surface area (Å²) in [6.07, 6.45) is 3.57. The van der Waals surface area contributed by atoms with E-state index >= 15 is 0 Å². The van der Waals surface area contributed by atoms with E-state index in [1.807, 2.05) is 0 Å². The maximum Gasteiger partial charge on any atom is 0.130 e. The van der Waals surface area contributed by atoms with E-state index in [4.69, 9.17) is 0 Å². The van der Waals surface area contributed by atoms with Gasteiger partial charge in [0.2, 0.25) is 0 Å². The number of hydrogen-bond acceptors (Lipinski definition) is 1. The van der Waals surface area contributed by atoms with Crippen LogP contribution in [0.2, 0.25) is 0 Å². The van der Waals surface area contributed by atoms with Gasteiger partial charge in [-0.05, 0) is 48.6 Å². The van der Waals surface area contributed by atoms with E-state index < -0.39 is 0 Å². The lowest BCUT2D eigenvalue weighted by atomic mass is 9.97. The Bertz CT molecular complexity index is 574. The molecule has 2 aromatic rings. The van der Waals surface area contributed by atoms with Gasteiger partial charge in [-0.15, -0.1) is 0 Å². The molecule has 0 aromatic heterocycles. The second kappa shape index (κ2) is 5.94. The molecule has 0 amide bonds. The predicted octanol–water partition coefficient (Wildman–Crippen LogP) is 2.33. The smallest absolute Gasteiger partial charge is 0.130 e. The van der Waals surface area contributed by atoms with E-state index in [0.29, 0.717) is 0 Å². The highest BCUT2D eigenvalue weighted by Gasteiger charge is 2.27. The van der Waals surface area contributed by atoms with Crippen LogP contribution in [0.5, 0.6) is 0 Å². The summed E-state index contributed by atoms with van der Waals surface area (Å²) in [5.74, 6) is 0. The Labute approximate surface area is 121 Å². The van der Waals surface area contributed by atoms with Gasteiger partial charge in [-0.25, -0.2) is 0 Å². The standard InChI is InChI=1S/C18H23NO/c1-14(19-11-5-2-6-12-19)18(20)17-10-9-15-7-3-4-8-16(15)13-17/h3-4,7-10,13-14,18,20H,2,5-6,11-12H2,1H3/p+1/t14-,18+/m0/s1. The van der Waals surface area contributed by atoms with Crippen molar-refractivity contribution in [2.24, 2.45) is 0 Å². The Hall–Kier alpha value is -1.38. The number of hydrogen-bond donors (Lipinski definition) is 2. The van der Waals surface area contributed by atoms with E-state index in [9.17, 15) is 5.11 Å². The van der Waals surface area contributed by atoms with Crippen LogP contribution >= 0.6 is 0 Å². The molecule has 2 heteroatoms. The first-order valence-corrected chi connectivity index (χ1v) is 7.77. The van der Waals surface area contributed by atoms with Crippen LogP contribution in [0.25, 0.3) is 10.8 Å². The van der Waals surface area contributed by atoms with Gasteiger partial charge in [-0.2, -0.15) is 0 Å². The minimum atomic E-state index is -0.368. The van der Waals surface area contributed by atoms with E-state index in [-0.39, 0.29) is 12.1 Å². The molecule has 1 aliphatic rings. The van der Waals surface area contributed by atoms with Crippen molar-refractivity contribution in [3.63, 3.8) is 0 Å². The molecule has 2 aromatic carbocycles. The number of aliphatic hydroxyl groups excluding tert-OH is 1.